The number of rotatable bonds is 2. The molecule has 13 heavy (non-hydrogen) atoms. The third kappa shape index (κ3) is 2.29. The maximum Gasteiger partial charge on any atom is 0.141 e. The first-order chi connectivity index (χ1) is 6.27. The minimum Gasteiger partial charge on any atom is -0.383 e. The zero-order valence-electron chi connectivity index (χ0n) is 7.07. The van der Waals surface area contributed by atoms with Crippen LogP contribution in [0.2, 0.25) is 0 Å². The first-order valence-corrected chi connectivity index (χ1v) is 3.80. The molecule has 4 heteroatoms. The number of nitrogen functional groups attached to an aromatic ring is 1. The van der Waals surface area contributed by atoms with Crippen molar-refractivity contribution in [3.63, 3.8) is 0 Å². The van der Waals surface area contributed by atoms with Gasteiger partial charge in [-0.05, 0) is 11.6 Å². The van der Waals surface area contributed by atoms with Crippen LogP contribution in [-0.4, -0.2) is 11.5 Å². The maximum absolute atomic E-state index is 8.65. The van der Waals surface area contributed by atoms with Gasteiger partial charge >= 0.3 is 0 Å². The van der Waals surface area contributed by atoms with Crippen LogP contribution < -0.4 is 11.5 Å². The molecule has 1 aromatic heterocycles. The number of hydrogen-bond acceptors (Lipinski definition) is 4. The quantitative estimate of drug-likeness (QED) is 0.683. The molecule has 0 radical (unpaired) electrons. The molecule has 1 rings (SSSR count). The van der Waals surface area contributed by atoms with E-state index in [2.05, 4.69) is 4.98 Å². The lowest BCUT2D eigenvalue weighted by Crippen LogP contribution is -1.95. The van der Waals surface area contributed by atoms with E-state index in [9.17, 15) is 0 Å². The molecular formula is C9H10N4. The molecule has 0 aliphatic rings. The molecule has 0 saturated carbocycles. The Hall–Kier alpha value is -1.86. The van der Waals surface area contributed by atoms with Crippen LogP contribution in [0.15, 0.2) is 18.3 Å². The largest absolute Gasteiger partial charge is 0.383 e. The second-order valence-electron chi connectivity index (χ2n) is 2.45. The predicted octanol–water partition coefficient (Wildman–Crippen LogP) is 0.507. The summed E-state index contributed by atoms with van der Waals surface area (Å²) in [7, 11) is 0. The number of anilines is 1. The molecule has 0 aliphatic carbocycles. The number of pyridine rings is 1. The molecule has 1 aromatic rings. The highest BCUT2D eigenvalue weighted by Gasteiger charge is 1.98. The average Bonchev–Trinajstić information content (AvgIpc) is 2.16. The molecule has 0 spiro atoms. The predicted molar refractivity (Wildman–Crippen MR) is 51.5 cm³/mol. The second kappa shape index (κ2) is 4.24. The van der Waals surface area contributed by atoms with Gasteiger partial charge in [0.15, 0.2) is 0 Å². The lowest BCUT2D eigenvalue weighted by molar-refractivity contribution is 1.26. The van der Waals surface area contributed by atoms with Gasteiger partial charge in [-0.2, -0.15) is 5.26 Å². The van der Waals surface area contributed by atoms with E-state index in [-0.39, 0.29) is 5.82 Å². The normalized spacial score (nSPS) is 10.2. The Bertz CT molecular complexity index is 362. The van der Waals surface area contributed by atoms with E-state index in [0.29, 0.717) is 12.1 Å². The number of aromatic nitrogens is 1. The van der Waals surface area contributed by atoms with E-state index in [1.807, 2.05) is 6.07 Å². The molecule has 0 aromatic carbocycles. The van der Waals surface area contributed by atoms with Gasteiger partial charge in [-0.25, -0.2) is 4.98 Å². The van der Waals surface area contributed by atoms with Crippen LogP contribution in [0.5, 0.6) is 0 Å². The third-order valence-electron chi connectivity index (χ3n) is 1.51. The van der Waals surface area contributed by atoms with Gasteiger partial charge in [-0.15, -0.1) is 0 Å². The Morgan fingerprint density at radius 3 is 3.00 bits per heavy atom. The number of nitriles is 1. The highest BCUT2D eigenvalue weighted by molar-refractivity contribution is 5.57. The van der Waals surface area contributed by atoms with Crippen LogP contribution in [0.25, 0.3) is 6.08 Å². The van der Waals surface area contributed by atoms with Crippen molar-refractivity contribution in [3.05, 3.63) is 29.5 Å². The van der Waals surface area contributed by atoms with Crippen molar-refractivity contribution in [1.29, 1.82) is 5.26 Å². The molecule has 4 nitrogen and oxygen atoms in total. The SMILES string of the molecule is N#Cc1cc(C=CCN)cnc1N. The summed E-state index contributed by atoms with van der Waals surface area (Å²) in [6, 6.07) is 3.63. The standard InChI is InChI=1S/C9H10N4/c10-3-1-2-7-4-8(5-11)9(12)13-6-7/h1-2,4,6H,3,10H2,(H2,12,13). The van der Waals surface area contributed by atoms with Crippen LogP contribution in [0, 0.1) is 11.3 Å². The first kappa shape index (κ1) is 9.23. The van der Waals surface area contributed by atoms with Crippen LogP contribution in [0.4, 0.5) is 5.82 Å². The fraction of sp³-hybridized carbons (Fsp3) is 0.111. The Kier molecular flexibility index (Phi) is 3.01. The topological polar surface area (TPSA) is 88.7 Å². The van der Waals surface area contributed by atoms with E-state index in [4.69, 9.17) is 16.7 Å². The molecular weight excluding hydrogens is 164 g/mol. The van der Waals surface area contributed by atoms with Gasteiger partial charge in [0.2, 0.25) is 0 Å². The van der Waals surface area contributed by atoms with E-state index >= 15 is 0 Å². The summed E-state index contributed by atoms with van der Waals surface area (Å²) in [6.07, 6.45) is 5.18. The lowest BCUT2D eigenvalue weighted by atomic mass is 10.2. The van der Waals surface area contributed by atoms with Crippen molar-refractivity contribution in [2.24, 2.45) is 5.73 Å². The van der Waals surface area contributed by atoms with Crippen molar-refractivity contribution < 1.29 is 0 Å². The molecule has 0 fully saturated rings. The molecule has 0 aliphatic heterocycles. The smallest absolute Gasteiger partial charge is 0.141 e. The Balaban J connectivity index is 3.01. The zero-order chi connectivity index (χ0) is 9.68. The van der Waals surface area contributed by atoms with Gasteiger partial charge < -0.3 is 11.5 Å². The van der Waals surface area contributed by atoms with Crippen LogP contribution >= 0.6 is 0 Å². The highest BCUT2D eigenvalue weighted by atomic mass is 14.8. The molecule has 0 amide bonds. The van der Waals surface area contributed by atoms with E-state index in [1.54, 1.807) is 24.4 Å². The van der Waals surface area contributed by atoms with Crippen molar-refractivity contribution in [1.82, 2.24) is 4.98 Å². The zero-order valence-corrected chi connectivity index (χ0v) is 7.07. The monoisotopic (exact) mass is 174 g/mol. The molecule has 0 bridgehead atoms. The van der Waals surface area contributed by atoms with E-state index in [1.165, 1.54) is 0 Å². The summed E-state index contributed by atoms with van der Waals surface area (Å²) in [5.41, 5.74) is 11.9. The Morgan fingerprint density at radius 2 is 2.38 bits per heavy atom. The summed E-state index contributed by atoms with van der Waals surface area (Å²) in [6.45, 7) is 0.465. The number of hydrogen-bond donors (Lipinski definition) is 2. The van der Waals surface area contributed by atoms with E-state index in [0.717, 1.165) is 5.56 Å². The van der Waals surface area contributed by atoms with Gasteiger partial charge in [0.25, 0.3) is 0 Å². The third-order valence-corrected chi connectivity index (χ3v) is 1.51. The van der Waals surface area contributed by atoms with Crippen LogP contribution in [0.1, 0.15) is 11.1 Å². The summed E-state index contributed by atoms with van der Waals surface area (Å²) in [5.74, 6) is 0.257. The van der Waals surface area contributed by atoms with Crippen LogP contribution in [0.3, 0.4) is 0 Å². The Morgan fingerprint density at radius 1 is 1.62 bits per heavy atom. The first-order valence-electron chi connectivity index (χ1n) is 3.80. The van der Waals surface area contributed by atoms with Gasteiger partial charge in [0.1, 0.15) is 11.9 Å². The molecule has 0 saturated heterocycles. The second-order valence-corrected chi connectivity index (χ2v) is 2.45. The summed E-state index contributed by atoms with van der Waals surface area (Å²) >= 11 is 0. The molecule has 1 heterocycles. The summed E-state index contributed by atoms with van der Waals surface area (Å²) < 4.78 is 0. The maximum atomic E-state index is 8.65. The average molecular weight is 174 g/mol. The number of nitrogens with two attached hydrogens (primary N) is 2. The van der Waals surface area contributed by atoms with Crippen molar-refractivity contribution in [2.45, 2.75) is 0 Å². The van der Waals surface area contributed by atoms with Crippen molar-refractivity contribution in [2.75, 3.05) is 12.3 Å². The van der Waals surface area contributed by atoms with Gasteiger partial charge in [-0.1, -0.05) is 12.2 Å². The lowest BCUT2D eigenvalue weighted by Gasteiger charge is -1.97. The Labute approximate surface area is 76.5 Å². The molecule has 66 valence electrons. The van der Waals surface area contributed by atoms with Gasteiger partial charge in [0.05, 0.1) is 5.56 Å². The fourth-order valence-electron chi connectivity index (χ4n) is 0.876. The number of nitrogens with zero attached hydrogens (tertiary/aromatic N) is 2. The highest BCUT2D eigenvalue weighted by Crippen LogP contribution is 2.10. The summed E-state index contributed by atoms with van der Waals surface area (Å²) in [5, 5.41) is 8.65. The van der Waals surface area contributed by atoms with E-state index < -0.39 is 0 Å². The van der Waals surface area contributed by atoms with Gasteiger partial charge in [-0.3, -0.25) is 0 Å². The minimum atomic E-state index is 0.257. The van der Waals surface area contributed by atoms with Crippen molar-refractivity contribution >= 4 is 11.9 Å². The molecule has 4 N–H and O–H groups in total. The fourth-order valence-corrected chi connectivity index (χ4v) is 0.876. The van der Waals surface area contributed by atoms with Crippen LogP contribution in [-0.2, 0) is 0 Å². The minimum absolute atomic E-state index is 0.257. The molecule has 0 atom stereocenters. The van der Waals surface area contributed by atoms with Gasteiger partial charge in [0, 0.05) is 12.7 Å². The molecule has 0 unspecified atom stereocenters. The van der Waals surface area contributed by atoms with Crippen molar-refractivity contribution in [3.8, 4) is 6.07 Å². The summed E-state index contributed by atoms with van der Waals surface area (Å²) in [4.78, 5) is 3.87.